The summed E-state index contributed by atoms with van der Waals surface area (Å²) in [6, 6.07) is 13.6. The summed E-state index contributed by atoms with van der Waals surface area (Å²) in [6.45, 7) is 0. The van der Waals surface area contributed by atoms with Crippen LogP contribution in [0.5, 0.6) is 5.75 Å². The fraction of sp³-hybridized carbons (Fsp3) is 0.188. The summed E-state index contributed by atoms with van der Waals surface area (Å²) in [6.07, 6.45) is 0.0599. The van der Waals surface area contributed by atoms with E-state index in [4.69, 9.17) is 9.84 Å². The molecule has 0 bridgehead atoms. The Morgan fingerprint density at radius 1 is 1.24 bits per heavy atom. The first-order valence-corrected chi connectivity index (χ1v) is 8.12. The third-order valence-electron chi connectivity index (χ3n) is 2.92. The number of carbonyl (C=O) groups is 1. The van der Waals surface area contributed by atoms with Crippen molar-refractivity contribution < 1.29 is 14.6 Å². The quantitative estimate of drug-likeness (QED) is 0.770. The molecule has 0 saturated heterocycles. The summed E-state index contributed by atoms with van der Waals surface area (Å²) < 4.78 is 6.38. The lowest BCUT2D eigenvalue weighted by Gasteiger charge is -2.09. The number of aliphatic carboxylic acids is 1. The smallest absolute Gasteiger partial charge is 0.307 e. The Morgan fingerprint density at radius 2 is 1.95 bits per heavy atom. The van der Waals surface area contributed by atoms with Gasteiger partial charge < -0.3 is 9.84 Å². The van der Waals surface area contributed by atoms with E-state index in [0.717, 1.165) is 32.0 Å². The SMILES string of the molecule is COc1ccc(Br)cc1CSc1ccc(CC(=O)O)cc1. The average Bonchev–Trinajstić information content (AvgIpc) is 2.46. The Balaban J connectivity index is 2.03. The maximum absolute atomic E-state index is 10.6. The molecule has 0 amide bonds. The summed E-state index contributed by atoms with van der Waals surface area (Å²) in [5, 5.41) is 8.75. The second-order valence-electron chi connectivity index (χ2n) is 4.46. The van der Waals surface area contributed by atoms with Crippen molar-refractivity contribution in [3.8, 4) is 5.75 Å². The van der Waals surface area contributed by atoms with Gasteiger partial charge in [0.2, 0.25) is 0 Å². The largest absolute Gasteiger partial charge is 0.496 e. The second kappa shape index (κ2) is 7.52. The van der Waals surface area contributed by atoms with E-state index in [0.29, 0.717) is 0 Å². The van der Waals surface area contributed by atoms with E-state index in [1.807, 2.05) is 42.5 Å². The van der Waals surface area contributed by atoms with Gasteiger partial charge in [-0.3, -0.25) is 4.79 Å². The van der Waals surface area contributed by atoms with Crippen LogP contribution in [-0.2, 0) is 17.0 Å². The van der Waals surface area contributed by atoms with Crippen LogP contribution in [0, 0.1) is 0 Å². The predicted molar refractivity (Wildman–Crippen MR) is 88.0 cm³/mol. The van der Waals surface area contributed by atoms with E-state index in [-0.39, 0.29) is 6.42 Å². The van der Waals surface area contributed by atoms with Crippen LogP contribution >= 0.6 is 27.7 Å². The maximum Gasteiger partial charge on any atom is 0.307 e. The minimum Gasteiger partial charge on any atom is -0.496 e. The Hall–Kier alpha value is -1.46. The molecule has 0 aromatic heterocycles. The first-order valence-electron chi connectivity index (χ1n) is 6.34. The molecule has 2 aromatic rings. The predicted octanol–water partition coefficient (Wildman–Crippen LogP) is 4.38. The van der Waals surface area contributed by atoms with Gasteiger partial charge >= 0.3 is 5.97 Å². The van der Waals surface area contributed by atoms with Gasteiger partial charge in [-0.25, -0.2) is 0 Å². The van der Waals surface area contributed by atoms with Crippen LogP contribution in [0.4, 0.5) is 0 Å². The number of carboxylic acids is 1. The zero-order valence-electron chi connectivity index (χ0n) is 11.5. The molecule has 0 atom stereocenters. The van der Waals surface area contributed by atoms with Gasteiger partial charge in [0.1, 0.15) is 5.75 Å². The van der Waals surface area contributed by atoms with Gasteiger partial charge in [0.05, 0.1) is 13.5 Å². The topological polar surface area (TPSA) is 46.5 Å². The summed E-state index contributed by atoms with van der Waals surface area (Å²) in [5.74, 6) is 0.850. The van der Waals surface area contributed by atoms with Gasteiger partial charge in [0, 0.05) is 20.7 Å². The standard InChI is InChI=1S/C16H15BrO3S/c1-20-15-7-4-13(17)9-12(15)10-21-14-5-2-11(3-6-14)8-16(18)19/h2-7,9H,8,10H2,1H3,(H,18,19). The molecule has 0 spiro atoms. The molecule has 0 aliphatic heterocycles. The van der Waals surface area contributed by atoms with E-state index < -0.39 is 5.97 Å². The summed E-state index contributed by atoms with van der Waals surface area (Å²) in [7, 11) is 1.66. The van der Waals surface area contributed by atoms with Crippen LogP contribution in [-0.4, -0.2) is 18.2 Å². The van der Waals surface area contributed by atoms with Gasteiger partial charge in [0.25, 0.3) is 0 Å². The van der Waals surface area contributed by atoms with Crippen LogP contribution in [0.2, 0.25) is 0 Å². The zero-order valence-corrected chi connectivity index (χ0v) is 13.9. The van der Waals surface area contributed by atoms with Gasteiger partial charge in [-0.15, -0.1) is 11.8 Å². The zero-order chi connectivity index (χ0) is 15.2. The van der Waals surface area contributed by atoms with E-state index >= 15 is 0 Å². The number of halogens is 1. The van der Waals surface area contributed by atoms with Crippen molar-refractivity contribution in [3.63, 3.8) is 0 Å². The Kier molecular flexibility index (Phi) is 5.70. The van der Waals surface area contributed by atoms with E-state index in [2.05, 4.69) is 15.9 Å². The van der Waals surface area contributed by atoms with E-state index in [1.165, 1.54) is 0 Å². The normalized spacial score (nSPS) is 10.4. The Morgan fingerprint density at radius 3 is 2.57 bits per heavy atom. The van der Waals surface area contributed by atoms with Crippen LogP contribution in [0.25, 0.3) is 0 Å². The molecule has 0 aliphatic carbocycles. The average molecular weight is 367 g/mol. The van der Waals surface area contributed by atoms with Crippen molar-refractivity contribution >= 4 is 33.7 Å². The lowest BCUT2D eigenvalue weighted by Crippen LogP contribution is -1.99. The van der Waals surface area contributed by atoms with Gasteiger partial charge in [0.15, 0.2) is 0 Å². The highest BCUT2D eigenvalue weighted by atomic mass is 79.9. The number of methoxy groups -OCH3 is 1. The first-order chi connectivity index (χ1) is 10.1. The maximum atomic E-state index is 10.6. The molecule has 0 unspecified atom stereocenters. The molecule has 0 radical (unpaired) electrons. The molecule has 0 fully saturated rings. The minimum absolute atomic E-state index is 0.0599. The van der Waals surface area contributed by atoms with Crippen molar-refractivity contribution in [1.82, 2.24) is 0 Å². The molecule has 2 rings (SSSR count). The Labute approximate surface area is 136 Å². The summed E-state index contributed by atoms with van der Waals surface area (Å²) >= 11 is 5.15. The molecule has 0 aliphatic rings. The fourth-order valence-electron chi connectivity index (χ4n) is 1.90. The molecular weight excluding hydrogens is 352 g/mol. The first kappa shape index (κ1) is 15.9. The molecule has 1 N–H and O–H groups in total. The van der Waals surface area contributed by atoms with Crippen molar-refractivity contribution in [2.24, 2.45) is 0 Å². The highest BCUT2D eigenvalue weighted by Crippen LogP contribution is 2.30. The number of carboxylic acid groups (broad SMARTS) is 1. The van der Waals surface area contributed by atoms with Gasteiger partial charge in [-0.2, -0.15) is 0 Å². The van der Waals surface area contributed by atoms with Crippen LogP contribution in [0.1, 0.15) is 11.1 Å². The number of hydrogen-bond donors (Lipinski definition) is 1. The number of ether oxygens (including phenoxy) is 1. The van der Waals surface area contributed by atoms with Crippen molar-refractivity contribution in [2.75, 3.05) is 7.11 Å². The van der Waals surface area contributed by atoms with Crippen LogP contribution in [0.15, 0.2) is 51.8 Å². The monoisotopic (exact) mass is 366 g/mol. The van der Waals surface area contributed by atoms with Crippen molar-refractivity contribution in [1.29, 1.82) is 0 Å². The molecule has 0 heterocycles. The number of hydrogen-bond acceptors (Lipinski definition) is 3. The molecular formula is C16H15BrO3S. The van der Waals surface area contributed by atoms with Crippen molar-refractivity contribution in [3.05, 3.63) is 58.1 Å². The molecule has 110 valence electrons. The van der Waals surface area contributed by atoms with Gasteiger partial charge in [-0.1, -0.05) is 28.1 Å². The number of thioether (sulfide) groups is 1. The van der Waals surface area contributed by atoms with Crippen molar-refractivity contribution in [2.45, 2.75) is 17.1 Å². The lowest BCUT2D eigenvalue weighted by molar-refractivity contribution is -0.136. The molecule has 21 heavy (non-hydrogen) atoms. The highest BCUT2D eigenvalue weighted by molar-refractivity contribution is 9.10. The number of benzene rings is 2. The van der Waals surface area contributed by atoms with Crippen LogP contribution < -0.4 is 4.74 Å². The summed E-state index contributed by atoms with van der Waals surface area (Å²) in [5.41, 5.74) is 1.93. The van der Waals surface area contributed by atoms with Gasteiger partial charge in [-0.05, 0) is 35.9 Å². The van der Waals surface area contributed by atoms with Crippen LogP contribution in [0.3, 0.4) is 0 Å². The molecule has 2 aromatic carbocycles. The second-order valence-corrected chi connectivity index (χ2v) is 6.42. The fourth-order valence-corrected chi connectivity index (χ4v) is 3.18. The molecule has 3 nitrogen and oxygen atoms in total. The third-order valence-corrected chi connectivity index (χ3v) is 4.47. The molecule has 5 heteroatoms. The Bertz CT molecular complexity index is 626. The summed E-state index contributed by atoms with van der Waals surface area (Å²) in [4.78, 5) is 11.7. The molecule has 0 saturated carbocycles. The third kappa shape index (κ3) is 4.79. The number of rotatable bonds is 6. The highest BCUT2D eigenvalue weighted by Gasteiger charge is 2.05. The minimum atomic E-state index is -0.811. The lowest BCUT2D eigenvalue weighted by atomic mass is 10.2. The van der Waals surface area contributed by atoms with E-state index in [9.17, 15) is 4.79 Å². The van der Waals surface area contributed by atoms with E-state index in [1.54, 1.807) is 18.9 Å².